The number of nitrogens with zero attached hydrogens (tertiary/aromatic N) is 2. The predicted octanol–water partition coefficient (Wildman–Crippen LogP) is 4.20. The van der Waals surface area contributed by atoms with Gasteiger partial charge in [0.05, 0.1) is 0 Å². The van der Waals surface area contributed by atoms with Gasteiger partial charge in [0.25, 0.3) is 0 Å². The number of hydrogen-bond acceptors (Lipinski definition) is 2. The Bertz CT molecular complexity index is 591. The van der Waals surface area contributed by atoms with Crippen LogP contribution in [0.1, 0.15) is 13.8 Å². The molecule has 0 heterocycles. The highest BCUT2D eigenvalue weighted by atomic mass is 16.2. The molecule has 4 heteroatoms. The molecule has 0 radical (unpaired) electrons. The molecule has 0 aliphatic heterocycles. The van der Waals surface area contributed by atoms with Gasteiger partial charge in [-0.2, -0.15) is 0 Å². The van der Waals surface area contributed by atoms with Crippen molar-refractivity contribution < 1.29 is 4.79 Å². The molecule has 2 aromatic rings. The Kier molecular flexibility index (Phi) is 5.42. The quantitative estimate of drug-likeness (QED) is 0.897. The number of hydrogen-bond donors (Lipinski definition) is 1. The molecule has 0 spiro atoms. The molecule has 116 valence electrons. The number of carbonyl (C=O) groups excluding carboxylic acids is 1. The van der Waals surface area contributed by atoms with Crippen molar-refractivity contribution in [3.63, 3.8) is 0 Å². The van der Waals surface area contributed by atoms with Crippen molar-refractivity contribution in [3.05, 3.63) is 54.6 Å². The van der Waals surface area contributed by atoms with Crippen molar-refractivity contribution in [3.8, 4) is 0 Å². The van der Waals surface area contributed by atoms with E-state index in [1.54, 1.807) is 11.9 Å². The lowest BCUT2D eigenvalue weighted by Crippen LogP contribution is -2.31. The lowest BCUT2D eigenvalue weighted by molar-refractivity contribution is 0.258. The molecule has 22 heavy (non-hydrogen) atoms. The number of rotatable bonds is 5. The number of amides is 2. The van der Waals surface area contributed by atoms with Crippen LogP contribution in [0.5, 0.6) is 0 Å². The smallest absolute Gasteiger partial charge is 0.326 e. The van der Waals surface area contributed by atoms with E-state index >= 15 is 0 Å². The topological polar surface area (TPSA) is 35.6 Å². The first-order chi connectivity index (χ1) is 10.7. The highest BCUT2D eigenvalue weighted by Crippen LogP contribution is 2.20. The molecule has 0 aromatic heterocycles. The van der Waals surface area contributed by atoms with E-state index in [0.29, 0.717) is 0 Å². The van der Waals surface area contributed by atoms with Crippen LogP contribution in [0.15, 0.2) is 54.6 Å². The third-order valence-electron chi connectivity index (χ3n) is 3.70. The summed E-state index contributed by atoms with van der Waals surface area (Å²) in [6, 6.07) is 17.3. The van der Waals surface area contributed by atoms with E-state index < -0.39 is 0 Å². The SMILES string of the molecule is CCN(CC)c1ccc(N(C)C(=O)Nc2ccccc2)cc1. The maximum Gasteiger partial charge on any atom is 0.326 e. The zero-order valence-corrected chi connectivity index (χ0v) is 13.4. The fraction of sp³-hybridized carbons (Fsp3) is 0.278. The average Bonchev–Trinajstić information content (AvgIpc) is 2.57. The first-order valence-electron chi connectivity index (χ1n) is 7.60. The zero-order valence-electron chi connectivity index (χ0n) is 13.4. The van der Waals surface area contributed by atoms with Crippen molar-refractivity contribution >= 4 is 23.1 Å². The second-order valence-electron chi connectivity index (χ2n) is 5.04. The van der Waals surface area contributed by atoms with Gasteiger partial charge in [0.1, 0.15) is 0 Å². The Balaban J connectivity index is 2.06. The maximum atomic E-state index is 12.2. The fourth-order valence-electron chi connectivity index (χ4n) is 2.32. The minimum Gasteiger partial charge on any atom is -0.372 e. The normalized spacial score (nSPS) is 10.1. The molecule has 2 amide bonds. The van der Waals surface area contributed by atoms with Gasteiger partial charge in [0.2, 0.25) is 0 Å². The molecular formula is C18H23N3O. The van der Waals surface area contributed by atoms with E-state index in [-0.39, 0.29) is 6.03 Å². The molecule has 0 unspecified atom stereocenters. The van der Waals surface area contributed by atoms with E-state index in [4.69, 9.17) is 0 Å². The monoisotopic (exact) mass is 297 g/mol. The number of para-hydroxylation sites is 1. The van der Waals surface area contributed by atoms with Gasteiger partial charge in [-0.3, -0.25) is 4.90 Å². The molecule has 2 rings (SSSR count). The summed E-state index contributed by atoms with van der Waals surface area (Å²) in [5.74, 6) is 0. The average molecular weight is 297 g/mol. The van der Waals surface area contributed by atoms with E-state index in [1.165, 1.54) is 5.69 Å². The van der Waals surface area contributed by atoms with Crippen LogP contribution in [0.2, 0.25) is 0 Å². The molecular weight excluding hydrogens is 274 g/mol. The molecule has 1 N–H and O–H groups in total. The van der Waals surface area contributed by atoms with Gasteiger partial charge in [-0.15, -0.1) is 0 Å². The van der Waals surface area contributed by atoms with Crippen LogP contribution in [0, 0.1) is 0 Å². The van der Waals surface area contributed by atoms with Gasteiger partial charge in [-0.1, -0.05) is 18.2 Å². The summed E-state index contributed by atoms with van der Waals surface area (Å²) in [5, 5.41) is 2.88. The number of urea groups is 1. The highest BCUT2D eigenvalue weighted by Gasteiger charge is 2.11. The standard InChI is InChI=1S/C18H23N3O/c1-4-21(5-2)17-13-11-16(12-14-17)20(3)18(22)19-15-9-7-6-8-10-15/h6-14H,4-5H2,1-3H3,(H,19,22). The predicted molar refractivity (Wildman–Crippen MR) is 93.9 cm³/mol. The van der Waals surface area contributed by atoms with E-state index in [0.717, 1.165) is 24.5 Å². The summed E-state index contributed by atoms with van der Waals surface area (Å²) < 4.78 is 0. The number of benzene rings is 2. The summed E-state index contributed by atoms with van der Waals surface area (Å²) >= 11 is 0. The molecule has 0 atom stereocenters. The van der Waals surface area contributed by atoms with Crippen LogP contribution in [0.3, 0.4) is 0 Å². The van der Waals surface area contributed by atoms with Crippen LogP contribution < -0.4 is 15.1 Å². The van der Waals surface area contributed by atoms with E-state index in [9.17, 15) is 4.79 Å². The van der Waals surface area contributed by atoms with E-state index in [1.807, 2.05) is 42.5 Å². The van der Waals surface area contributed by atoms with Crippen LogP contribution in [-0.4, -0.2) is 26.2 Å². The Morgan fingerprint density at radius 1 is 0.909 bits per heavy atom. The van der Waals surface area contributed by atoms with Crippen molar-refractivity contribution in [2.24, 2.45) is 0 Å². The second kappa shape index (κ2) is 7.50. The van der Waals surface area contributed by atoms with Gasteiger partial charge in [0, 0.05) is 37.2 Å². The number of nitrogens with one attached hydrogen (secondary N) is 1. The highest BCUT2D eigenvalue weighted by molar-refractivity contribution is 6.01. The largest absolute Gasteiger partial charge is 0.372 e. The third-order valence-corrected chi connectivity index (χ3v) is 3.70. The van der Waals surface area contributed by atoms with Crippen LogP contribution in [0.4, 0.5) is 21.9 Å². The maximum absolute atomic E-state index is 12.2. The van der Waals surface area contributed by atoms with Crippen molar-refractivity contribution in [1.29, 1.82) is 0 Å². The molecule has 0 saturated carbocycles. The summed E-state index contributed by atoms with van der Waals surface area (Å²) in [5.41, 5.74) is 2.83. The Morgan fingerprint density at radius 2 is 1.45 bits per heavy atom. The third kappa shape index (κ3) is 3.79. The molecule has 0 fully saturated rings. The minimum atomic E-state index is -0.151. The first-order valence-corrected chi connectivity index (χ1v) is 7.60. The molecule has 0 saturated heterocycles. The van der Waals surface area contributed by atoms with Crippen LogP contribution >= 0.6 is 0 Å². The first kappa shape index (κ1) is 15.9. The summed E-state index contributed by atoms with van der Waals surface area (Å²) in [6.45, 7) is 6.22. The Labute approximate surface area is 132 Å². The van der Waals surface area contributed by atoms with Crippen molar-refractivity contribution in [2.45, 2.75) is 13.8 Å². The number of anilines is 3. The molecule has 0 aliphatic carbocycles. The van der Waals surface area contributed by atoms with Crippen LogP contribution in [-0.2, 0) is 0 Å². The summed E-state index contributed by atoms with van der Waals surface area (Å²) in [6.07, 6.45) is 0. The fourth-order valence-corrected chi connectivity index (χ4v) is 2.32. The minimum absolute atomic E-state index is 0.151. The Morgan fingerprint density at radius 3 is 2.00 bits per heavy atom. The lowest BCUT2D eigenvalue weighted by Gasteiger charge is -2.23. The van der Waals surface area contributed by atoms with Crippen molar-refractivity contribution in [2.75, 3.05) is 35.3 Å². The second-order valence-corrected chi connectivity index (χ2v) is 5.04. The van der Waals surface area contributed by atoms with Gasteiger partial charge in [-0.25, -0.2) is 4.79 Å². The Hall–Kier alpha value is -2.49. The van der Waals surface area contributed by atoms with Crippen LogP contribution in [0.25, 0.3) is 0 Å². The number of carbonyl (C=O) groups is 1. The van der Waals surface area contributed by atoms with E-state index in [2.05, 4.69) is 36.2 Å². The lowest BCUT2D eigenvalue weighted by atomic mass is 10.2. The van der Waals surface area contributed by atoms with Gasteiger partial charge in [-0.05, 0) is 50.2 Å². The zero-order chi connectivity index (χ0) is 15.9. The summed E-state index contributed by atoms with van der Waals surface area (Å²) in [4.78, 5) is 16.1. The van der Waals surface area contributed by atoms with Gasteiger partial charge < -0.3 is 10.2 Å². The van der Waals surface area contributed by atoms with Gasteiger partial charge in [0.15, 0.2) is 0 Å². The molecule has 0 bridgehead atoms. The molecule has 2 aromatic carbocycles. The molecule has 0 aliphatic rings. The molecule has 4 nitrogen and oxygen atoms in total. The van der Waals surface area contributed by atoms with Gasteiger partial charge >= 0.3 is 6.03 Å². The van der Waals surface area contributed by atoms with Crippen molar-refractivity contribution in [1.82, 2.24) is 0 Å². The summed E-state index contributed by atoms with van der Waals surface area (Å²) in [7, 11) is 1.77.